The van der Waals surface area contributed by atoms with E-state index in [4.69, 9.17) is 9.72 Å². The minimum atomic E-state index is -0.00766. The van der Waals surface area contributed by atoms with E-state index in [0.29, 0.717) is 17.1 Å². The number of pyridine rings is 1. The highest BCUT2D eigenvalue weighted by Gasteiger charge is 2.18. The maximum absolute atomic E-state index is 9.87. The first-order valence-electron chi connectivity index (χ1n) is 14.4. The van der Waals surface area contributed by atoms with Crippen LogP contribution in [0.4, 0.5) is 0 Å². The Morgan fingerprint density at radius 1 is 0.744 bits per heavy atom. The molecule has 7 aromatic rings. The summed E-state index contributed by atoms with van der Waals surface area (Å²) in [6, 6.07) is 30.9. The Bertz CT molecular complexity index is 2240. The summed E-state index contributed by atoms with van der Waals surface area (Å²) in [6.45, 7) is 10.8. The van der Waals surface area contributed by atoms with Crippen LogP contribution in [-0.4, -0.2) is 19.1 Å². The predicted molar refractivity (Wildman–Crippen MR) is 173 cm³/mol. The van der Waals surface area contributed by atoms with Crippen molar-refractivity contribution in [2.75, 3.05) is 0 Å². The van der Waals surface area contributed by atoms with Gasteiger partial charge in [-0.05, 0) is 90.6 Å². The molecule has 6 nitrogen and oxygen atoms in total. The van der Waals surface area contributed by atoms with Crippen molar-refractivity contribution < 1.29 is 4.74 Å². The van der Waals surface area contributed by atoms with Crippen molar-refractivity contribution in [2.24, 2.45) is 0 Å². The van der Waals surface area contributed by atoms with Crippen LogP contribution in [0.25, 0.3) is 44.3 Å². The lowest BCUT2D eigenvalue weighted by molar-refractivity contribution is 0.483. The van der Waals surface area contributed by atoms with Crippen LogP contribution >= 0.6 is 0 Å². The van der Waals surface area contributed by atoms with Gasteiger partial charge in [-0.2, -0.15) is 5.26 Å². The summed E-state index contributed by atoms with van der Waals surface area (Å²) >= 11 is 0. The van der Waals surface area contributed by atoms with Crippen molar-refractivity contribution in [1.82, 2.24) is 19.1 Å². The third-order valence-electron chi connectivity index (χ3n) is 8.18. The summed E-state index contributed by atoms with van der Waals surface area (Å²) in [7, 11) is 0. The van der Waals surface area contributed by atoms with Gasteiger partial charge in [0.25, 0.3) is 0 Å². The molecule has 4 aromatic carbocycles. The van der Waals surface area contributed by atoms with Crippen molar-refractivity contribution in [3.05, 3.63) is 120 Å². The van der Waals surface area contributed by atoms with E-state index < -0.39 is 0 Å². The number of hydrogen-bond donors (Lipinski definition) is 0. The van der Waals surface area contributed by atoms with Gasteiger partial charge in [0.15, 0.2) is 0 Å². The van der Waals surface area contributed by atoms with Gasteiger partial charge in [-0.15, -0.1) is 0 Å². The average molecular weight is 562 g/mol. The molecule has 0 saturated heterocycles. The van der Waals surface area contributed by atoms with E-state index >= 15 is 0 Å². The van der Waals surface area contributed by atoms with Crippen molar-refractivity contribution in [3.63, 3.8) is 0 Å². The number of benzene rings is 4. The van der Waals surface area contributed by atoms with Crippen LogP contribution in [0.3, 0.4) is 0 Å². The Kier molecular flexibility index (Phi) is 6.07. The first-order valence-corrected chi connectivity index (χ1v) is 14.4. The number of para-hydroxylation sites is 1. The lowest BCUT2D eigenvalue weighted by Crippen LogP contribution is -2.12. The van der Waals surface area contributed by atoms with Crippen molar-refractivity contribution in [1.29, 1.82) is 5.26 Å². The number of aryl methyl sites for hydroxylation is 2. The lowest BCUT2D eigenvalue weighted by atomic mass is 9.88. The summed E-state index contributed by atoms with van der Waals surface area (Å²) < 4.78 is 10.7. The van der Waals surface area contributed by atoms with Crippen molar-refractivity contribution in [2.45, 2.75) is 40.0 Å². The van der Waals surface area contributed by atoms with Gasteiger partial charge >= 0.3 is 0 Å². The highest BCUT2D eigenvalue weighted by atomic mass is 16.5. The van der Waals surface area contributed by atoms with Crippen LogP contribution in [0.5, 0.6) is 11.5 Å². The Morgan fingerprint density at radius 2 is 1.53 bits per heavy atom. The predicted octanol–water partition coefficient (Wildman–Crippen LogP) is 9.10. The molecule has 0 amide bonds. The molecule has 6 heteroatoms. The fraction of sp³-hybridized carbons (Fsp3) is 0.162. The Hall–Kier alpha value is -5.41. The number of nitriles is 1. The average Bonchev–Trinajstić information content (AvgIpc) is 3.55. The van der Waals surface area contributed by atoms with Crippen LogP contribution in [-0.2, 0) is 5.41 Å². The van der Waals surface area contributed by atoms with Crippen molar-refractivity contribution >= 4 is 32.8 Å². The third kappa shape index (κ3) is 4.60. The third-order valence-corrected chi connectivity index (χ3v) is 8.18. The molecule has 0 fully saturated rings. The molecule has 7 rings (SSSR count). The maximum Gasteiger partial charge on any atom is 0.137 e. The monoisotopic (exact) mass is 561 g/mol. The van der Waals surface area contributed by atoms with E-state index in [1.54, 1.807) is 12.4 Å². The first kappa shape index (κ1) is 26.5. The van der Waals surface area contributed by atoms with Crippen LogP contribution in [0.1, 0.15) is 43.0 Å². The molecule has 0 atom stereocenters. The van der Waals surface area contributed by atoms with Gasteiger partial charge in [0.2, 0.25) is 0 Å². The normalized spacial score (nSPS) is 11.8. The molecule has 0 unspecified atom stereocenters. The van der Waals surface area contributed by atoms with Crippen LogP contribution in [0.15, 0.2) is 97.5 Å². The summed E-state index contributed by atoms with van der Waals surface area (Å²) in [4.78, 5) is 9.40. The molecule has 0 aliphatic rings. The molecule has 0 aliphatic carbocycles. The van der Waals surface area contributed by atoms with Gasteiger partial charge in [-0.25, -0.2) is 9.97 Å². The van der Waals surface area contributed by atoms with E-state index in [9.17, 15) is 5.26 Å². The summed E-state index contributed by atoms with van der Waals surface area (Å²) in [5, 5.41) is 12.1. The molecule has 0 N–H and O–H groups in total. The molecule has 0 bridgehead atoms. The highest BCUT2D eigenvalue weighted by molar-refractivity contribution is 6.09. The minimum Gasteiger partial charge on any atom is -0.457 e. The van der Waals surface area contributed by atoms with E-state index in [2.05, 4.69) is 111 Å². The number of hydrogen-bond acceptors (Lipinski definition) is 4. The fourth-order valence-electron chi connectivity index (χ4n) is 5.72. The summed E-state index contributed by atoms with van der Waals surface area (Å²) in [5.74, 6) is 2.11. The number of fused-ring (bicyclic) bond motifs is 4. The van der Waals surface area contributed by atoms with E-state index in [-0.39, 0.29) is 5.41 Å². The van der Waals surface area contributed by atoms with Gasteiger partial charge in [-0.3, -0.25) is 9.13 Å². The maximum atomic E-state index is 9.87. The first-order chi connectivity index (χ1) is 20.7. The number of imidazole rings is 1. The van der Waals surface area contributed by atoms with Gasteiger partial charge < -0.3 is 4.74 Å². The SMILES string of the molecule is Cc1cc2ncn(-c3cc(C#N)cc(Oc4ccc5c6ccccc6n(-c6cc(C(C)(C)C)ccn6)c5c4)c3)c2cc1C. The standard InChI is InChI=1S/C37H31N5O/c1-23-14-32-35(15-24(23)2)41(22-40-32)27-16-25(21-38)17-29(19-27)43-28-10-11-31-30-8-6-7-9-33(30)42(34(31)20-28)36-18-26(12-13-39-36)37(3,4)5/h6-20,22H,1-5H3. The zero-order valence-corrected chi connectivity index (χ0v) is 24.9. The smallest absolute Gasteiger partial charge is 0.137 e. The Morgan fingerprint density at radius 3 is 2.35 bits per heavy atom. The van der Waals surface area contributed by atoms with Crippen LogP contribution in [0, 0.1) is 25.2 Å². The van der Waals surface area contributed by atoms with Gasteiger partial charge in [-0.1, -0.05) is 39.0 Å². The van der Waals surface area contributed by atoms with E-state index in [1.807, 2.05) is 29.0 Å². The number of rotatable bonds is 4. The second-order valence-corrected chi connectivity index (χ2v) is 12.2. The summed E-state index contributed by atoms with van der Waals surface area (Å²) in [6.07, 6.45) is 3.68. The second kappa shape index (κ2) is 9.85. The van der Waals surface area contributed by atoms with Crippen molar-refractivity contribution in [3.8, 4) is 29.1 Å². The molecule has 0 aliphatic heterocycles. The molecule has 0 saturated carbocycles. The van der Waals surface area contributed by atoms with Gasteiger partial charge in [0.1, 0.15) is 23.6 Å². The lowest BCUT2D eigenvalue weighted by Gasteiger charge is -2.20. The topological polar surface area (TPSA) is 68.7 Å². The Balaban J connectivity index is 1.35. The number of ether oxygens (including phenoxy) is 1. The fourth-order valence-corrected chi connectivity index (χ4v) is 5.72. The number of aromatic nitrogens is 4. The molecular formula is C37H31N5O. The van der Waals surface area contributed by atoms with Gasteiger partial charge in [0.05, 0.1) is 39.4 Å². The molecule has 0 spiro atoms. The quantitative estimate of drug-likeness (QED) is 0.215. The molecule has 210 valence electrons. The molecule has 43 heavy (non-hydrogen) atoms. The van der Waals surface area contributed by atoms with Gasteiger partial charge in [0, 0.05) is 29.1 Å². The molecule has 3 aromatic heterocycles. The largest absolute Gasteiger partial charge is 0.457 e. The molecule has 3 heterocycles. The highest BCUT2D eigenvalue weighted by Crippen LogP contribution is 2.36. The number of nitrogens with zero attached hydrogens (tertiary/aromatic N) is 5. The Labute approximate surface area is 250 Å². The molecule has 0 radical (unpaired) electrons. The summed E-state index contributed by atoms with van der Waals surface area (Å²) in [5.41, 5.74) is 8.90. The zero-order chi connectivity index (χ0) is 29.9. The van der Waals surface area contributed by atoms with E-state index in [0.717, 1.165) is 44.3 Å². The zero-order valence-electron chi connectivity index (χ0n) is 24.9. The second-order valence-electron chi connectivity index (χ2n) is 12.2. The van der Waals surface area contributed by atoms with Crippen LogP contribution < -0.4 is 4.74 Å². The van der Waals surface area contributed by atoms with Crippen LogP contribution in [0.2, 0.25) is 0 Å². The van der Waals surface area contributed by atoms with E-state index in [1.165, 1.54) is 16.7 Å². The minimum absolute atomic E-state index is 0.00766. The molecular weight excluding hydrogens is 530 g/mol.